The number of aliphatic hydroxyl groups is 1. The summed E-state index contributed by atoms with van der Waals surface area (Å²) < 4.78 is 17.8. The van der Waals surface area contributed by atoms with Crippen LogP contribution in [0.25, 0.3) is 0 Å². The minimum atomic E-state index is -0.976. The lowest BCUT2D eigenvalue weighted by atomic mass is 10.1. The number of thioether (sulfide) groups is 1. The van der Waals surface area contributed by atoms with Gasteiger partial charge in [0.1, 0.15) is 18.3 Å². The van der Waals surface area contributed by atoms with E-state index in [1.54, 1.807) is 0 Å². The van der Waals surface area contributed by atoms with E-state index in [9.17, 15) is 9.90 Å². The van der Waals surface area contributed by atoms with Crippen molar-refractivity contribution in [2.24, 2.45) is 0 Å². The monoisotopic (exact) mass is 546 g/mol. The number of hydrogen-bond acceptors (Lipinski definition) is 6. The first-order chi connectivity index (χ1) is 18.8. The van der Waals surface area contributed by atoms with Crippen molar-refractivity contribution in [2.45, 2.75) is 63.5 Å². The first-order valence-corrected chi connectivity index (χ1v) is 14.0. The Balaban J connectivity index is 1.72. The van der Waals surface area contributed by atoms with Crippen LogP contribution in [0.1, 0.15) is 43.9 Å². The summed E-state index contributed by atoms with van der Waals surface area (Å²) in [7, 11) is 0. The fourth-order valence-corrected chi connectivity index (χ4v) is 4.57. The van der Waals surface area contributed by atoms with Gasteiger partial charge in [-0.05, 0) is 23.3 Å². The van der Waals surface area contributed by atoms with Gasteiger partial charge in [-0.1, -0.05) is 123 Å². The van der Waals surface area contributed by atoms with Crippen molar-refractivity contribution in [3.63, 3.8) is 0 Å². The third-order valence-electron chi connectivity index (χ3n) is 5.49. The SMILES string of the molecule is CC(C)(C)SC(=O)C[C@@H](C#Cc1ccccc1)O[C@H](COCc1ccccc1)[C@@H](O)COCc1ccccc1. The Labute approximate surface area is 236 Å². The van der Waals surface area contributed by atoms with Crippen LogP contribution in [-0.4, -0.2) is 46.5 Å². The van der Waals surface area contributed by atoms with Gasteiger partial charge in [0.05, 0.1) is 32.8 Å². The number of hydrogen-bond donors (Lipinski definition) is 1. The van der Waals surface area contributed by atoms with Gasteiger partial charge in [-0.2, -0.15) is 0 Å². The van der Waals surface area contributed by atoms with E-state index in [1.807, 2.05) is 112 Å². The zero-order chi connectivity index (χ0) is 27.9. The highest BCUT2D eigenvalue weighted by Gasteiger charge is 2.27. The van der Waals surface area contributed by atoms with E-state index in [1.165, 1.54) is 11.8 Å². The average Bonchev–Trinajstić information content (AvgIpc) is 2.91. The summed E-state index contributed by atoms with van der Waals surface area (Å²) >= 11 is 1.26. The number of carbonyl (C=O) groups excluding carboxylic acids is 1. The van der Waals surface area contributed by atoms with Crippen LogP contribution in [0, 0.1) is 11.8 Å². The molecule has 0 saturated heterocycles. The second-order valence-electron chi connectivity index (χ2n) is 10.2. The number of rotatable bonds is 13. The summed E-state index contributed by atoms with van der Waals surface area (Å²) in [5.74, 6) is 6.23. The minimum Gasteiger partial charge on any atom is -0.388 e. The molecule has 1 N–H and O–H groups in total. The van der Waals surface area contributed by atoms with Gasteiger partial charge < -0.3 is 19.3 Å². The van der Waals surface area contributed by atoms with Crippen LogP contribution in [0.5, 0.6) is 0 Å². The van der Waals surface area contributed by atoms with Gasteiger partial charge >= 0.3 is 0 Å². The van der Waals surface area contributed by atoms with Crippen molar-refractivity contribution in [1.29, 1.82) is 0 Å². The van der Waals surface area contributed by atoms with E-state index in [2.05, 4.69) is 11.8 Å². The lowest BCUT2D eigenvalue weighted by molar-refractivity contribution is -0.128. The third-order valence-corrected chi connectivity index (χ3v) is 6.49. The molecule has 206 valence electrons. The normalized spacial score (nSPS) is 13.6. The van der Waals surface area contributed by atoms with Crippen LogP contribution in [0.2, 0.25) is 0 Å². The van der Waals surface area contributed by atoms with Crippen molar-refractivity contribution in [3.8, 4) is 11.8 Å². The van der Waals surface area contributed by atoms with Crippen molar-refractivity contribution in [2.75, 3.05) is 13.2 Å². The van der Waals surface area contributed by atoms with Crippen LogP contribution in [0.15, 0.2) is 91.0 Å². The Morgan fingerprint density at radius 1 is 0.821 bits per heavy atom. The topological polar surface area (TPSA) is 65.0 Å². The van der Waals surface area contributed by atoms with Gasteiger partial charge in [0.25, 0.3) is 0 Å². The summed E-state index contributed by atoms with van der Waals surface area (Å²) in [6.07, 6.45) is -2.35. The maximum absolute atomic E-state index is 12.9. The molecule has 0 aliphatic rings. The Morgan fingerprint density at radius 3 is 1.87 bits per heavy atom. The fraction of sp³-hybridized carbons (Fsp3) is 0.364. The van der Waals surface area contributed by atoms with E-state index in [0.29, 0.717) is 13.2 Å². The molecule has 0 radical (unpaired) electrons. The van der Waals surface area contributed by atoms with E-state index >= 15 is 0 Å². The zero-order valence-corrected chi connectivity index (χ0v) is 23.7. The van der Waals surface area contributed by atoms with Gasteiger partial charge in [-0.3, -0.25) is 4.79 Å². The first kappa shape index (κ1) is 30.6. The molecule has 0 spiro atoms. The van der Waals surface area contributed by atoms with Crippen molar-refractivity contribution < 1.29 is 24.1 Å². The van der Waals surface area contributed by atoms with Gasteiger partial charge in [-0.25, -0.2) is 0 Å². The number of carbonyl (C=O) groups is 1. The molecule has 0 aliphatic heterocycles. The molecule has 0 unspecified atom stereocenters. The lowest BCUT2D eigenvalue weighted by Crippen LogP contribution is -2.39. The number of aliphatic hydroxyl groups excluding tert-OH is 1. The summed E-state index contributed by atoms with van der Waals surface area (Å²) in [4.78, 5) is 12.9. The molecule has 6 heteroatoms. The molecule has 3 aromatic carbocycles. The number of benzene rings is 3. The van der Waals surface area contributed by atoms with E-state index in [-0.39, 0.29) is 29.5 Å². The molecule has 3 aromatic rings. The molecular formula is C33H38O5S. The molecule has 39 heavy (non-hydrogen) atoms. The van der Waals surface area contributed by atoms with Gasteiger partial charge in [0, 0.05) is 10.3 Å². The second-order valence-corrected chi connectivity index (χ2v) is 12.0. The van der Waals surface area contributed by atoms with Crippen molar-refractivity contribution in [1.82, 2.24) is 0 Å². The van der Waals surface area contributed by atoms with E-state index in [0.717, 1.165) is 16.7 Å². The molecule has 0 aliphatic carbocycles. The quantitative estimate of drug-likeness (QED) is 0.264. The zero-order valence-electron chi connectivity index (χ0n) is 22.9. The largest absolute Gasteiger partial charge is 0.388 e. The molecule has 0 heterocycles. The van der Waals surface area contributed by atoms with Crippen molar-refractivity contribution in [3.05, 3.63) is 108 Å². The smallest absolute Gasteiger partial charge is 0.193 e. The van der Waals surface area contributed by atoms with E-state index < -0.39 is 18.3 Å². The third kappa shape index (κ3) is 12.7. The highest BCUT2D eigenvalue weighted by atomic mass is 32.2. The Bertz CT molecular complexity index is 1170. The van der Waals surface area contributed by atoms with Gasteiger partial charge in [0.2, 0.25) is 0 Å². The van der Waals surface area contributed by atoms with E-state index in [4.69, 9.17) is 14.2 Å². The Kier molecular flexibility index (Phi) is 12.8. The van der Waals surface area contributed by atoms with Crippen LogP contribution in [-0.2, 0) is 32.2 Å². The van der Waals surface area contributed by atoms with Crippen LogP contribution in [0.4, 0.5) is 0 Å². The predicted molar refractivity (Wildman–Crippen MR) is 157 cm³/mol. The number of ether oxygens (including phenoxy) is 3. The predicted octanol–water partition coefficient (Wildman–Crippen LogP) is 6.03. The second kappa shape index (κ2) is 16.2. The molecule has 0 aromatic heterocycles. The molecular weight excluding hydrogens is 508 g/mol. The maximum Gasteiger partial charge on any atom is 0.193 e. The molecule has 3 rings (SSSR count). The highest BCUT2D eigenvalue weighted by molar-refractivity contribution is 8.14. The van der Waals surface area contributed by atoms with Crippen LogP contribution >= 0.6 is 11.8 Å². The molecule has 3 atom stereocenters. The Morgan fingerprint density at radius 2 is 1.33 bits per heavy atom. The summed E-state index contributed by atoms with van der Waals surface area (Å²) in [5, 5.41) is 11.1. The standard InChI is InChI=1S/C33H38O5S/c1-33(2,3)39-32(35)21-29(20-19-26-13-7-4-8-14-26)38-31(25-37-23-28-17-11-6-12-18-28)30(34)24-36-22-27-15-9-5-10-16-27/h4-18,29-31,34H,21-25H2,1-3H3/t29-,30+,31-/m1/s1. The Hall–Kier alpha value is -2.92. The van der Waals surface area contributed by atoms with Gasteiger partial charge in [0.15, 0.2) is 5.12 Å². The molecule has 0 fully saturated rings. The maximum atomic E-state index is 12.9. The molecule has 0 amide bonds. The average molecular weight is 547 g/mol. The summed E-state index contributed by atoms with van der Waals surface area (Å²) in [6.45, 7) is 6.90. The van der Waals surface area contributed by atoms with Crippen LogP contribution in [0.3, 0.4) is 0 Å². The summed E-state index contributed by atoms with van der Waals surface area (Å²) in [6, 6.07) is 29.1. The first-order valence-electron chi connectivity index (χ1n) is 13.1. The molecule has 0 saturated carbocycles. The van der Waals surface area contributed by atoms with Crippen molar-refractivity contribution >= 4 is 16.9 Å². The molecule has 0 bridgehead atoms. The van der Waals surface area contributed by atoms with Crippen LogP contribution < -0.4 is 0 Å². The summed E-state index contributed by atoms with van der Waals surface area (Å²) in [5.41, 5.74) is 2.85. The lowest BCUT2D eigenvalue weighted by Gasteiger charge is -2.26. The fourth-order valence-electron chi connectivity index (χ4n) is 3.65. The minimum absolute atomic E-state index is 0.0198. The molecule has 5 nitrogen and oxygen atoms in total. The highest BCUT2D eigenvalue weighted by Crippen LogP contribution is 2.26. The van der Waals surface area contributed by atoms with Gasteiger partial charge in [-0.15, -0.1) is 0 Å².